The molecule has 4 heteroatoms. The van der Waals surface area contributed by atoms with Crippen molar-refractivity contribution >= 4 is 35.1 Å². The van der Waals surface area contributed by atoms with Gasteiger partial charge in [0.1, 0.15) is 0 Å². The van der Waals surface area contributed by atoms with Crippen LogP contribution in [0, 0.1) is 13.8 Å². The summed E-state index contributed by atoms with van der Waals surface area (Å²) in [5, 5.41) is 0. The molecule has 0 aromatic heterocycles. The molecule has 2 aliphatic rings. The SMILES string of the molecule is CC1=Cc2c(-c3ccccc3)ccc(C)c2[CH]1[Zr]([Cl])([Cl])([CH]1C(C)=Cc2c(-c3ccccc3)ccc(C)c21)[SiH](C)C. The van der Waals surface area contributed by atoms with Crippen molar-refractivity contribution < 1.29 is 15.6 Å². The van der Waals surface area contributed by atoms with E-state index in [4.69, 9.17) is 17.0 Å². The molecule has 0 saturated heterocycles. The summed E-state index contributed by atoms with van der Waals surface area (Å²) in [6, 6.07) is 30.6. The first-order valence-electron chi connectivity index (χ1n) is 14.4. The molecule has 203 valence electrons. The molecule has 6 rings (SSSR count). The van der Waals surface area contributed by atoms with E-state index >= 15 is 0 Å². The Balaban J connectivity index is 1.61. The standard InChI is InChI=1S/2C17H15.C2H7Si.2ClH.Zr/c2*1-12-10-16-13(2)8-9-15(17(16)11-12)14-6-4-3-5-7-14;1-3-2;;;/h2*3-11H,1-2H3;3H,1-2H3;2*1H;/q;;;;;+2/p-2. The molecule has 0 saturated carbocycles. The molecular formula is C36H37Cl2SiZr. The second-order valence-corrected chi connectivity index (χ2v) is 54.8. The number of hydrogen-bond donors (Lipinski definition) is 0. The van der Waals surface area contributed by atoms with Crippen LogP contribution in [0.5, 0.6) is 0 Å². The molecule has 0 spiro atoms. The van der Waals surface area contributed by atoms with E-state index in [1.807, 2.05) is 0 Å². The Hall–Kier alpha value is -1.96. The molecule has 40 heavy (non-hydrogen) atoms. The quantitative estimate of drug-likeness (QED) is 0.187. The van der Waals surface area contributed by atoms with Gasteiger partial charge in [0.05, 0.1) is 0 Å². The number of hydrogen-bond acceptors (Lipinski definition) is 0. The normalized spacial score (nSPS) is 19.1. The van der Waals surface area contributed by atoms with Gasteiger partial charge in [-0.05, 0) is 0 Å². The van der Waals surface area contributed by atoms with E-state index in [0.717, 1.165) is 0 Å². The summed E-state index contributed by atoms with van der Waals surface area (Å²) in [5.74, 6) is -1.58. The molecule has 0 fully saturated rings. The average Bonchev–Trinajstić information content (AvgIpc) is 3.49. The third kappa shape index (κ3) is 4.09. The molecule has 0 heterocycles. The van der Waals surface area contributed by atoms with Crippen LogP contribution in [0.4, 0.5) is 0 Å². The van der Waals surface area contributed by atoms with Gasteiger partial charge in [0.25, 0.3) is 0 Å². The minimum absolute atomic E-state index is 0.106. The van der Waals surface area contributed by atoms with E-state index in [1.165, 1.54) is 66.8 Å². The van der Waals surface area contributed by atoms with Crippen molar-refractivity contribution in [1.29, 1.82) is 0 Å². The third-order valence-electron chi connectivity index (χ3n) is 9.62. The molecule has 0 N–H and O–H groups in total. The fraction of sp³-hybridized carbons (Fsp3) is 0.222. The van der Waals surface area contributed by atoms with Gasteiger partial charge < -0.3 is 0 Å². The number of fused-ring (bicyclic) bond motifs is 2. The zero-order valence-corrected chi connectivity index (χ0v) is 29.4. The Morgan fingerprint density at radius 3 is 1.27 bits per heavy atom. The number of allylic oxidation sites excluding steroid dienone is 2. The molecule has 0 radical (unpaired) electrons. The Bertz CT molecular complexity index is 1580. The van der Waals surface area contributed by atoms with E-state index in [0.29, 0.717) is 0 Å². The maximum absolute atomic E-state index is 8.48. The van der Waals surface area contributed by atoms with Crippen molar-refractivity contribution in [3.05, 3.63) is 129 Å². The van der Waals surface area contributed by atoms with Gasteiger partial charge in [-0.2, -0.15) is 0 Å². The van der Waals surface area contributed by atoms with Gasteiger partial charge in [0, 0.05) is 0 Å². The molecule has 2 aliphatic carbocycles. The van der Waals surface area contributed by atoms with E-state index in [9.17, 15) is 0 Å². The van der Waals surface area contributed by atoms with Crippen LogP contribution in [0.25, 0.3) is 34.4 Å². The van der Waals surface area contributed by atoms with Crippen LogP contribution < -0.4 is 0 Å². The van der Waals surface area contributed by atoms with Crippen LogP contribution in [-0.4, -0.2) is 5.92 Å². The number of benzene rings is 4. The number of halogens is 2. The summed E-state index contributed by atoms with van der Waals surface area (Å²) in [7, 11) is 17.0. The first kappa shape index (κ1) is 28.2. The van der Waals surface area contributed by atoms with E-state index in [1.54, 1.807) is 0 Å². The van der Waals surface area contributed by atoms with Crippen LogP contribution in [0.1, 0.15) is 54.5 Å². The first-order chi connectivity index (χ1) is 19.0. The third-order valence-corrected chi connectivity index (χ3v) is 61.8. The minimum atomic E-state index is -4.72. The Labute approximate surface area is 248 Å². The predicted octanol–water partition coefficient (Wildman–Crippen LogP) is 11.2. The molecule has 2 atom stereocenters. The van der Waals surface area contributed by atoms with Crippen molar-refractivity contribution in [3.63, 3.8) is 0 Å². The average molecular weight is 660 g/mol. The molecule has 0 aliphatic heterocycles. The molecule has 4 aromatic carbocycles. The zero-order valence-electron chi connectivity index (χ0n) is 24.2. The maximum atomic E-state index is 8.48. The molecular weight excluding hydrogens is 623 g/mol. The van der Waals surface area contributed by atoms with Crippen molar-refractivity contribution in [2.24, 2.45) is 0 Å². The van der Waals surface area contributed by atoms with Crippen LogP contribution in [0.2, 0.25) is 13.1 Å². The molecule has 0 amide bonds. The van der Waals surface area contributed by atoms with Crippen molar-refractivity contribution in [3.8, 4) is 22.3 Å². The van der Waals surface area contributed by atoms with E-state index in [2.05, 4.69) is 138 Å². The first-order valence-corrected chi connectivity index (χ1v) is 30.7. The van der Waals surface area contributed by atoms with Gasteiger partial charge in [0.15, 0.2) is 0 Å². The van der Waals surface area contributed by atoms with Crippen molar-refractivity contribution in [2.75, 3.05) is 0 Å². The Kier molecular flexibility index (Phi) is 7.11. The van der Waals surface area contributed by atoms with E-state index < -0.39 is 21.5 Å². The topological polar surface area (TPSA) is 0 Å². The van der Waals surface area contributed by atoms with Crippen LogP contribution in [0.15, 0.2) is 96.1 Å². The molecule has 0 bridgehead atoms. The summed E-state index contributed by atoms with van der Waals surface area (Å²) >= 11 is -4.72. The van der Waals surface area contributed by atoms with Crippen molar-refractivity contribution in [2.45, 2.75) is 48.0 Å². The summed E-state index contributed by atoms with van der Waals surface area (Å²) in [5.41, 5.74) is 15.7. The van der Waals surface area contributed by atoms with E-state index in [-0.39, 0.29) is 7.25 Å². The zero-order chi connectivity index (χ0) is 28.4. The fourth-order valence-corrected chi connectivity index (χ4v) is 40.6. The number of aryl methyl sites for hydroxylation is 2. The van der Waals surface area contributed by atoms with Crippen molar-refractivity contribution in [1.82, 2.24) is 0 Å². The van der Waals surface area contributed by atoms with Crippen LogP contribution in [-0.2, 0) is 15.6 Å². The van der Waals surface area contributed by atoms with Gasteiger partial charge >= 0.3 is 250 Å². The summed E-state index contributed by atoms with van der Waals surface area (Å²) in [6.07, 6.45) is 4.82. The summed E-state index contributed by atoms with van der Waals surface area (Å²) < 4.78 is 0.211. The fourth-order valence-electron chi connectivity index (χ4n) is 7.64. The monoisotopic (exact) mass is 657 g/mol. The van der Waals surface area contributed by atoms with Gasteiger partial charge in [-0.1, -0.05) is 0 Å². The van der Waals surface area contributed by atoms with Gasteiger partial charge in [0.2, 0.25) is 0 Å². The predicted molar refractivity (Wildman–Crippen MR) is 177 cm³/mol. The second kappa shape index (κ2) is 10.1. The Morgan fingerprint density at radius 2 is 0.925 bits per heavy atom. The van der Waals surface area contributed by atoms with Gasteiger partial charge in [-0.25, -0.2) is 0 Å². The molecule has 0 nitrogen and oxygen atoms in total. The molecule has 4 aromatic rings. The van der Waals surface area contributed by atoms with Gasteiger partial charge in [-0.3, -0.25) is 0 Å². The molecule has 2 unspecified atom stereocenters. The number of rotatable bonds is 5. The van der Waals surface area contributed by atoms with Gasteiger partial charge in [-0.15, -0.1) is 0 Å². The summed E-state index contributed by atoms with van der Waals surface area (Å²) in [6.45, 7) is 13.9. The second-order valence-electron chi connectivity index (χ2n) is 12.3. The van der Waals surface area contributed by atoms with Crippen LogP contribution in [0.3, 0.4) is 0 Å². The van der Waals surface area contributed by atoms with Crippen LogP contribution >= 0.6 is 17.0 Å². The summed E-state index contributed by atoms with van der Waals surface area (Å²) in [4.78, 5) is 0. The Morgan fingerprint density at radius 1 is 0.550 bits per heavy atom.